The van der Waals surface area contributed by atoms with Gasteiger partial charge in [-0.05, 0) is 49.3 Å². The lowest BCUT2D eigenvalue weighted by atomic mass is 9.98. The summed E-state index contributed by atoms with van der Waals surface area (Å²) in [5, 5.41) is 1.38. The number of benzene rings is 1. The minimum absolute atomic E-state index is 0.830. The monoisotopic (exact) mass is 243 g/mol. The number of hydrogen-bond donors (Lipinski definition) is 0. The Kier molecular flexibility index (Phi) is 4.46. The maximum atomic E-state index is 2.44. The van der Waals surface area contributed by atoms with Crippen LogP contribution >= 0.6 is 0 Å². The lowest BCUT2D eigenvalue weighted by Crippen LogP contribution is -2.09. The van der Waals surface area contributed by atoms with Crippen LogP contribution in [0.3, 0.4) is 0 Å². The van der Waals surface area contributed by atoms with Crippen LogP contribution in [-0.4, -0.2) is 4.57 Å². The summed E-state index contributed by atoms with van der Waals surface area (Å²) in [5.74, 6) is 0.830. The highest BCUT2D eigenvalue weighted by atomic mass is 15.0. The quantitative estimate of drug-likeness (QED) is 0.660. The molecule has 0 N–H and O–H groups in total. The molecule has 0 radical (unpaired) electrons. The molecule has 1 heterocycles. The molecule has 18 heavy (non-hydrogen) atoms. The van der Waals surface area contributed by atoms with Crippen molar-refractivity contribution in [1.82, 2.24) is 4.57 Å². The second kappa shape index (κ2) is 6.08. The molecule has 1 heteroatoms. The highest BCUT2D eigenvalue weighted by Gasteiger charge is 2.09. The van der Waals surface area contributed by atoms with Crippen molar-refractivity contribution in [3.8, 4) is 0 Å². The number of hydrogen-bond acceptors (Lipinski definition) is 0. The predicted molar refractivity (Wildman–Crippen MR) is 80.0 cm³/mol. The Morgan fingerprint density at radius 3 is 2.44 bits per heavy atom. The first-order valence-electron chi connectivity index (χ1n) is 7.30. The Labute approximate surface area is 111 Å². The van der Waals surface area contributed by atoms with Gasteiger partial charge in [-0.15, -0.1) is 0 Å². The third-order valence-corrected chi connectivity index (χ3v) is 3.78. The highest BCUT2D eigenvalue weighted by molar-refractivity contribution is 5.80. The Morgan fingerprint density at radius 1 is 1.06 bits per heavy atom. The van der Waals surface area contributed by atoms with Gasteiger partial charge in [0, 0.05) is 18.3 Å². The number of nitrogens with zero attached hydrogens (tertiary/aromatic N) is 1. The second-order valence-electron chi connectivity index (χ2n) is 5.47. The van der Waals surface area contributed by atoms with E-state index in [1.54, 1.807) is 0 Å². The zero-order chi connectivity index (χ0) is 13.0. The van der Waals surface area contributed by atoms with E-state index in [4.69, 9.17) is 0 Å². The molecule has 98 valence electrons. The number of aryl methyl sites for hydroxylation is 1. The fourth-order valence-electron chi connectivity index (χ4n) is 2.90. The summed E-state index contributed by atoms with van der Waals surface area (Å²) in [7, 11) is 0. The molecule has 1 aromatic carbocycles. The molecule has 0 unspecified atom stereocenters. The summed E-state index contributed by atoms with van der Waals surface area (Å²) in [4.78, 5) is 0. The van der Waals surface area contributed by atoms with Gasteiger partial charge in [0.1, 0.15) is 0 Å². The summed E-state index contributed by atoms with van der Waals surface area (Å²) in [6.45, 7) is 7.92. The van der Waals surface area contributed by atoms with Gasteiger partial charge in [0.05, 0.1) is 0 Å². The van der Waals surface area contributed by atoms with Gasteiger partial charge in [-0.3, -0.25) is 0 Å². The zero-order valence-electron chi connectivity index (χ0n) is 11.9. The Bertz CT molecular complexity index is 489. The standard InChI is InChI=1S/C17H25N/c1-4-6-15(7-5-2)13-18-11-10-16-12-14(3)8-9-17(16)18/h8-12,15H,4-7,13H2,1-3H3. The van der Waals surface area contributed by atoms with E-state index in [0.29, 0.717) is 0 Å². The van der Waals surface area contributed by atoms with Crippen LogP contribution in [0.15, 0.2) is 30.5 Å². The molecule has 0 atom stereocenters. The summed E-state index contributed by atoms with van der Waals surface area (Å²) >= 11 is 0. The molecule has 0 spiro atoms. The number of rotatable bonds is 6. The predicted octanol–water partition coefficient (Wildman–Crippen LogP) is 5.17. The average molecular weight is 243 g/mol. The molecule has 0 bridgehead atoms. The van der Waals surface area contributed by atoms with Crippen molar-refractivity contribution in [2.24, 2.45) is 5.92 Å². The van der Waals surface area contributed by atoms with Crippen molar-refractivity contribution in [2.45, 2.75) is 53.0 Å². The van der Waals surface area contributed by atoms with Crippen molar-refractivity contribution in [3.63, 3.8) is 0 Å². The van der Waals surface area contributed by atoms with Crippen LogP contribution in [0.2, 0.25) is 0 Å². The Balaban J connectivity index is 2.19. The minimum Gasteiger partial charge on any atom is -0.347 e. The van der Waals surface area contributed by atoms with Crippen molar-refractivity contribution in [1.29, 1.82) is 0 Å². The molecule has 1 aromatic heterocycles. The maximum Gasteiger partial charge on any atom is 0.0480 e. The number of aromatic nitrogens is 1. The molecule has 0 aliphatic rings. The molecule has 0 fully saturated rings. The Morgan fingerprint density at radius 2 is 1.78 bits per heavy atom. The summed E-state index contributed by atoms with van der Waals surface area (Å²) in [5.41, 5.74) is 2.73. The molecule has 0 aliphatic carbocycles. The van der Waals surface area contributed by atoms with E-state index < -0.39 is 0 Å². The summed E-state index contributed by atoms with van der Waals surface area (Å²) in [6.07, 6.45) is 7.53. The normalized spacial score (nSPS) is 11.6. The van der Waals surface area contributed by atoms with Crippen LogP contribution in [0.5, 0.6) is 0 Å². The van der Waals surface area contributed by atoms with Crippen LogP contribution in [0.1, 0.15) is 45.1 Å². The first-order chi connectivity index (χ1) is 8.74. The number of fused-ring (bicyclic) bond motifs is 1. The van der Waals surface area contributed by atoms with Crippen LogP contribution in [-0.2, 0) is 6.54 Å². The lowest BCUT2D eigenvalue weighted by molar-refractivity contribution is 0.387. The molecule has 1 nitrogen and oxygen atoms in total. The highest BCUT2D eigenvalue weighted by Crippen LogP contribution is 2.22. The van der Waals surface area contributed by atoms with E-state index in [1.807, 2.05) is 0 Å². The fourth-order valence-corrected chi connectivity index (χ4v) is 2.90. The van der Waals surface area contributed by atoms with Crippen LogP contribution in [0.25, 0.3) is 10.9 Å². The summed E-state index contributed by atoms with van der Waals surface area (Å²) in [6, 6.07) is 9.00. The molecule has 0 saturated heterocycles. The third kappa shape index (κ3) is 2.95. The van der Waals surface area contributed by atoms with E-state index in [1.165, 1.54) is 48.7 Å². The molecule has 2 rings (SSSR count). The van der Waals surface area contributed by atoms with E-state index >= 15 is 0 Å². The van der Waals surface area contributed by atoms with Gasteiger partial charge >= 0.3 is 0 Å². The molecular weight excluding hydrogens is 218 g/mol. The first-order valence-corrected chi connectivity index (χ1v) is 7.30. The van der Waals surface area contributed by atoms with Crippen molar-refractivity contribution in [3.05, 3.63) is 36.0 Å². The van der Waals surface area contributed by atoms with E-state index in [-0.39, 0.29) is 0 Å². The third-order valence-electron chi connectivity index (χ3n) is 3.78. The van der Waals surface area contributed by atoms with Gasteiger partial charge in [0.15, 0.2) is 0 Å². The van der Waals surface area contributed by atoms with Crippen LogP contribution < -0.4 is 0 Å². The van der Waals surface area contributed by atoms with Gasteiger partial charge in [-0.1, -0.05) is 38.3 Å². The minimum atomic E-state index is 0.830. The fraction of sp³-hybridized carbons (Fsp3) is 0.529. The van der Waals surface area contributed by atoms with Gasteiger partial charge in [0.25, 0.3) is 0 Å². The van der Waals surface area contributed by atoms with Crippen LogP contribution in [0.4, 0.5) is 0 Å². The van der Waals surface area contributed by atoms with E-state index in [0.717, 1.165) is 5.92 Å². The maximum absolute atomic E-state index is 2.44. The van der Waals surface area contributed by atoms with E-state index in [2.05, 4.69) is 55.8 Å². The molecule has 2 aromatic rings. The van der Waals surface area contributed by atoms with Crippen molar-refractivity contribution in [2.75, 3.05) is 0 Å². The zero-order valence-corrected chi connectivity index (χ0v) is 11.9. The summed E-state index contributed by atoms with van der Waals surface area (Å²) < 4.78 is 2.44. The van der Waals surface area contributed by atoms with Crippen molar-refractivity contribution >= 4 is 10.9 Å². The molecule has 0 amide bonds. The topological polar surface area (TPSA) is 4.93 Å². The SMILES string of the molecule is CCCC(CCC)Cn1ccc2cc(C)ccc21. The lowest BCUT2D eigenvalue weighted by Gasteiger charge is -2.17. The molecule has 0 aliphatic heterocycles. The largest absolute Gasteiger partial charge is 0.347 e. The molecule has 0 saturated carbocycles. The van der Waals surface area contributed by atoms with Gasteiger partial charge in [0.2, 0.25) is 0 Å². The van der Waals surface area contributed by atoms with E-state index in [9.17, 15) is 0 Å². The smallest absolute Gasteiger partial charge is 0.0480 e. The second-order valence-corrected chi connectivity index (χ2v) is 5.47. The average Bonchev–Trinajstić information content (AvgIpc) is 2.72. The molecular formula is C17H25N. The Hall–Kier alpha value is -1.24. The van der Waals surface area contributed by atoms with Gasteiger partial charge in [-0.2, -0.15) is 0 Å². The first kappa shape index (κ1) is 13.2. The van der Waals surface area contributed by atoms with Crippen molar-refractivity contribution < 1.29 is 0 Å². The van der Waals surface area contributed by atoms with Crippen LogP contribution in [0, 0.1) is 12.8 Å². The van der Waals surface area contributed by atoms with Gasteiger partial charge < -0.3 is 4.57 Å². The van der Waals surface area contributed by atoms with Gasteiger partial charge in [-0.25, -0.2) is 0 Å².